The zero-order valence-electron chi connectivity index (χ0n) is 8.99. The fourth-order valence-corrected chi connectivity index (χ4v) is 2.08. The summed E-state index contributed by atoms with van der Waals surface area (Å²) in [4.78, 5) is 8.38. The summed E-state index contributed by atoms with van der Waals surface area (Å²) in [5, 5.41) is 6.67. The highest BCUT2D eigenvalue weighted by Crippen LogP contribution is 2.07. The molecule has 1 aliphatic heterocycles. The number of hydrogen-bond acceptors (Lipinski definition) is 4. The van der Waals surface area contributed by atoms with Crippen molar-refractivity contribution in [3.05, 3.63) is 0 Å². The van der Waals surface area contributed by atoms with Gasteiger partial charge in [-0.2, -0.15) is 11.8 Å². The molecule has 0 saturated heterocycles. The van der Waals surface area contributed by atoms with Gasteiger partial charge in [0, 0.05) is 25.1 Å². The lowest BCUT2D eigenvalue weighted by Gasteiger charge is -2.07. The molecule has 0 aromatic carbocycles. The van der Waals surface area contributed by atoms with Gasteiger partial charge in [0.15, 0.2) is 5.11 Å². The number of nitrogens with zero attached hydrogens (tertiary/aromatic N) is 2. The third-order valence-electron chi connectivity index (χ3n) is 2.01. The maximum absolute atomic E-state index is 4.96. The fourth-order valence-electron chi connectivity index (χ4n) is 1.06. The summed E-state index contributed by atoms with van der Waals surface area (Å²) in [6, 6.07) is 0.267. The van der Waals surface area contributed by atoms with Crippen molar-refractivity contribution < 1.29 is 0 Å². The Morgan fingerprint density at radius 3 is 3.07 bits per heavy atom. The van der Waals surface area contributed by atoms with Gasteiger partial charge in [0.2, 0.25) is 0 Å². The molecule has 0 bridgehead atoms. The van der Waals surface area contributed by atoms with Crippen LogP contribution in [0.25, 0.3) is 0 Å². The number of rotatable bonds is 5. The molecule has 2 N–H and O–H groups in total. The van der Waals surface area contributed by atoms with E-state index in [1.54, 1.807) is 6.34 Å². The summed E-state index contributed by atoms with van der Waals surface area (Å²) in [6.45, 7) is 2.95. The molecule has 1 atom stereocenters. The van der Waals surface area contributed by atoms with Gasteiger partial charge in [-0.05, 0) is 19.1 Å². The lowest BCUT2D eigenvalue weighted by Crippen LogP contribution is -2.34. The molecular formula is C9H16N4S2. The van der Waals surface area contributed by atoms with Crippen LogP contribution in [0, 0.1) is 0 Å². The second-order valence-corrected chi connectivity index (χ2v) is 4.63. The molecule has 0 amide bonds. The SMILES string of the molecule is CNC(=S)NCCSCC1=NC=NC1C. The van der Waals surface area contributed by atoms with Crippen LogP contribution in [-0.2, 0) is 0 Å². The van der Waals surface area contributed by atoms with Gasteiger partial charge in [-0.1, -0.05) is 0 Å². The average Bonchev–Trinajstić information content (AvgIpc) is 2.63. The van der Waals surface area contributed by atoms with Crippen molar-refractivity contribution in [1.29, 1.82) is 0 Å². The van der Waals surface area contributed by atoms with Crippen LogP contribution in [0.2, 0.25) is 0 Å². The van der Waals surface area contributed by atoms with Gasteiger partial charge in [-0.25, -0.2) is 4.99 Å². The number of thiocarbonyl (C=S) groups is 1. The van der Waals surface area contributed by atoms with E-state index in [9.17, 15) is 0 Å². The Balaban J connectivity index is 2.00. The van der Waals surface area contributed by atoms with Crippen LogP contribution in [0.15, 0.2) is 9.98 Å². The van der Waals surface area contributed by atoms with Crippen molar-refractivity contribution in [3.8, 4) is 0 Å². The third kappa shape index (κ3) is 4.61. The number of thioether (sulfide) groups is 1. The number of aliphatic imine (C=N–C) groups is 2. The first-order valence-corrected chi connectivity index (χ1v) is 6.42. The van der Waals surface area contributed by atoms with Crippen molar-refractivity contribution >= 4 is 41.1 Å². The lowest BCUT2D eigenvalue weighted by atomic mass is 10.2. The number of hydrogen-bond donors (Lipinski definition) is 2. The normalized spacial score (nSPS) is 18.8. The van der Waals surface area contributed by atoms with E-state index in [1.165, 1.54) is 0 Å². The number of nitrogens with one attached hydrogen (secondary N) is 2. The average molecular weight is 244 g/mol. The van der Waals surface area contributed by atoms with E-state index in [0.29, 0.717) is 5.11 Å². The minimum absolute atomic E-state index is 0.267. The Bertz CT molecular complexity index is 275. The molecule has 0 saturated carbocycles. The van der Waals surface area contributed by atoms with Crippen LogP contribution >= 0.6 is 24.0 Å². The van der Waals surface area contributed by atoms with Crippen molar-refractivity contribution in [2.24, 2.45) is 9.98 Å². The molecule has 0 aromatic heterocycles. The Labute approximate surface area is 100 Å². The van der Waals surface area contributed by atoms with Crippen molar-refractivity contribution in [2.45, 2.75) is 13.0 Å². The van der Waals surface area contributed by atoms with Crippen LogP contribution in [0.4, 0.5) is 0 Å². The Morgan fingerprint density at radius 2 is 2.47 bits per heavy atom. The first-order valence-electron chi connectivity index (χ1n) is 4.85. The van der Waals surface area contributed by atoms with Crippen LogP contribution in [-0.4, -0.2) is 48.3 Å². The van der Waals surface area contributed by atoms with Crippen LogP contribution in [0.3, 0.4) is 0 Å². The fraction of sp³-hybridized carbons (Fsp3) is 0.667. The molecule has 84 valence electrons. The van der Waals surface area contributed by atoms with E-state index >= 15 is 0 Å². The Morgan fingerprint density at radius 1 is 1.67 bits per heavy atom. The smallest absolute Gasteiger partial charge is 0.166 e. The minimum Gasteiger partial charge on any atom is -0.366 e. The summed E-state index contributed by atoms with van der Waals surface area (Å²) < 4.78 is 0. The topological polar surface area (TPSA) is 48.8 Å². The molecule has 15 heavy (non-hydrogen) atoms. The second-order valence-electron chi connectivity index (χ2n) is 3.12. The summed E-state index contributed by atoms with van der Waals surface area (Å²) in [5.41, 5.74) is 1.16. The molecule has 6 heteroatoms. The van der Waals surface area contributed by atoms with Crippen molar-refractivity contribution in [1.82, 2.24) is 10.6 Å². The Kier molecular flexibility index (Phi) is 5.63. The molecule has 0 aromatic rings. The zero-order valence-corrected chi connectivity index (χ0v) is 10.6. The first-order chi connectivity index (χ1) is 7.24. The summed E-state index contributed by atoms with van der Waals surface area (Å²) in [5.74, 6) is 1.97. The monoisotopic (exact) mass is 244 g/mol. The van der Waals surface area contributed by atoms with Gasteiger partial charge in [0.1, 0.15) is 6.34 Å². The summed E-state index contributed by atoms with van der Waals surface area (Å²) in [7, 11) is 1.81. The predicted molar refractivity (Wildman–Crippen MR) is 72.4 cm³/mol. The van der Waals surface area contributed by atoms with Crippen molar-refractivity contribution in [3.63, 3.8) is 0 Å². The van der Waals surface area contributed by atoms with Crippen LogP contribution in [0.1, 0.15) is 6.92 Å². The van der Waals surface area contributed by atoms with Gasteiger partial charge in [0.25, 0.3) is 0 Å². The van der Waals surface area contributed by atoms with Gasteiger partial charge in [-0.15, -0.1) is 0 Å². The highest BCUT2D eigenvalue weighted by molar-refractivity contribution is 8.00. The first kappa shape index (κ1) is 12.4. The molecule has 0 fully saturated rings. The van der Waals surface area contributed by atoms with Crippen LogP contribution in [0.5, 0.6) is 0 Å². The molecule has 1 rings (SSSR count). The maximum atomic E-state index is 4.96. The van der Waals surface area contributed by atoms with E-state index in [1.807, 2.05) is 18.8 Å². The van der Waals surface area contributed by atoms with E-state index in [0.717, 1.165) is 23.8 Å². The van der Waals surface area contributed by atoms with E-state index < -0.39 is 0 Å². The standard InChI is InChI=1S/C9H16N4S2/c1-7-8(13-6-12-7)5-15-4-3-11-9(14)10-2/h6-7H,3-5H2,1-2H3,(H2,10,11,14). The zero-order chi connectivity index (χ0) is 11.1. The van der Waals surface area contributed by atoms with E-state index in [4.69, 9.17) is 12.2 Å². The molecule has 4 nitrogen and oxygen atoms in total. The summed E-state index contributed by atoms with van der Waals surface area (Å²) >= 11 is 6.80. The lowest BCUT2D eigenvalue weighted by molar-refractivity contribution is 0.943. The van der Waals surface area contributed by atoms with Gasteiger partial charge >= 0.3 is 0 Å². The maximum Gasteiger partial charge on any atom is 0.166 e. The van der Waals surface area contributed by atoms with E-state index in [2.05, 4.69) is 27.5 Å². The molecule has 0 aliphatic carbocycles. The molecule has 1 heterocycles. The highest BCUT2D eigenvalue weighted by atomic mass is 32.2. The van der Waals surface area contributed by atoms with Gasteiger partial charge < -0.3 is 10.6 Å². The molecular weight excluding hydrogens is 228 g/mol. The molecule has 0 radical (unpaired) electrons. The van der Waals surface area contributed by atoms with E-state index in [-0.39, 0.29) is 6.04 Å². The van der Waals surface area contributed by atoms with Crippen LogP contribution < -0.4 is 10.6 Å². The minimum atomic E-state index is 0.267. The summed E-state index contributed by atoms with van der Waals surface area (Å²) in [6.07, 6.45) is 1.65. The largest absolute Gasteiger partial charge is 0.366 e. The Hall–Kier alpha value is -0.620. The highest BCUT2D eigenvalue weighted by Gasteiger charge is 2.11. The van der Waals surface area contributed by atoms with Crippen molar-refractivity contribution in [2.75, 3.05) is 25.1 Å². The van der Waals surface area contributed by atoms with Gasteiger partial charge in [0.05, 0.1) is 11.8 Å². The molecule has 1 unspecified atom stereocenters. The van der Waals surface area contributed by atoms with Gasteiger partial charge in [-0.3, -0.25) is 4.99 Å². The second kappa shape index (κ2) is 6.79. The third-order valence-corrected chi connectivity index (χ3v) is 3.35. The molecule has 1 aliphatic rings. The predicted octanol–water partition coefficient (Wildman–Crippen LogP) is 0.685. The quantitative estimate of drug-likeness (QED) is 0.552. The molecule has 0 spiro atoms.